The fourth-order valence-electron chi connectivity index (χ4n) is 1.65. The number of amides is 1. The van der Waals surface area contributed by atoms with Gasteiger partial charge in [-0.3, -0.25) is 4.79 Å². The van der Waals surface area contributed by atoms with Crippen LogP contribution in [0, 0.1) is 0 Å². The Kier molecular flexibility index (Phi) is 5.00. The highest BCUT2D eigenvalue weighted by molar-refractivity contribution is 7.27. The van der Waals surface area contributed by atoms with Gasteiger partial charge in [0, 0.05) is 35.5 Å². The van der Waals surface area contributed by atoms with Crippen LogP contribution in [0.15, 0.2) is 17.5 Å². The predicted molar refractivity (Wildman–Crippen MR) is 78.2 cm³/mol. The van der Waals surface area contributed by atoms with Crippen molar-refractivity contribution in [1.29, 1.82) is 0 Å². The van der Waals surface area contributed by atoms with Gasteiger partial charge in [0.05, 0.1) is 11.5 Å². The molecular weight excluding hydrogens is 290 g/mol. The van der Waals surface area contributed by atoms with Crippen molar-refractivity contribution in [3.63, 3.8) is 0 Å². The number of hydrogen-bond acceptors (Lipinski definition) is 4. The molecule has 0 saturated carbocycles. The van der Waals surface area contributed by atoms with E-state index in [0.717, 1.165) is 4.88 Å². The first-order valence-electron chi connectivity index (χ1n) is 5.57. The third-order valence-corrected chi connectivity index (χ3v) is 4.81. The molecule has 0 aliphatic rings. The molecule has 0 saturated heterocycles. The van der Waals surface area contributed by atoms with E-state index >= 15 is 0 Å². The summed E-state index contributed by atoms with van der Waals surface area (Å²) in [6.45, 7) is 1.66. The number of rotatable bonds is 6. The summed E-state index contributed by atoms with van der Waals surface area (Å²) in [6.07, 6.45) is 0. The van der Waals surface area contributed by atoms with Gasteiger partial charge in [-0.2, -0.15) is 0 Å². The molecule has 0 spiro atoms. The summed E-state index contributed by atoms with van der Waals surface area (Å²) in [5.74, 6) is 0.482. The number of thiophene rings is 2. The van der Waals surface area contributed by atoms with Crippen molar-refractivity contribution in [2.24, 2.45) is 0 Å². The van der Waals surface area contributed by atoms with Crippen LogP contribution in [0.2, 0.25) is 0 Å². The molecule has 1 amide bonds. The van der Waals surface area contributed by atoms with Gasteiger partial charge in [0.1, 0.15) is 0 Å². The SMILES string of the molecule is COCCN(CCCl)C(=O)c1cc2sccc2s1. The minimum absolute atomic E-state index is 0.0427. The largest absolute Gasteiger partial charge is 0.383 e. The smallest absolute Gasteiger partial charge is 0.264 e. The summed E-state index contributed by atoms with van der Waals surface area (Å²) in [6, 6.07) is 4.00. The molecule has 0 aliphatic carbocycles. The Labute approximate surface area is 119 Å². The van der Waals surface area contributed by atoms with Crippen LogP contribution in [-0.4, -0.2) is 43.5 Å². The highest BCUT2D eigenvalue weighted by atomic mass is 35.5. The molecule has 98 valence electrons. The summed E-state index contributed by atoms with van der Waals surface area (Å²) in [5, 5.41) is 2.04. The third kappa shape index (κ3) is 3.03. The molecule has 2 aromatic heterocycles. The Morgan fingerprint density at radius 3 is 2.94 bits per heavy atom. The summed E-state index contributed by atoms with van der Waals surface area (Å²) < 4.78 is 7.35. The van der Waals surface area contributed by atoms with Gasteiger partial charge in [-0.1, -0.05) is 0 Å². The van der Waals surface area contributed by atoms with Crippen LogP contribution >= 0.6 is 34.3 Å². The van der Waals surface area contributed by atoms with E-state index in [0.29, 0.717) is 25.6 Å². The van der Waals surface area contributed by atoms with Gasteiger partial charge in [-0.25, -0.2) is 0 Å². The zero-order chi connectivity index (χ0) is 13.0. The van der Waals surface area contributed by atoms with Crippen LogP contribution in [0.5, 0.6) is 0 Å². The molecule has 0 fully saturated rings. The van der Waals surface area contributed by atoms with Crippen LogP contribution in [-0.2, 0) is 4.74 Å². The molecule has 0 unspecified atom stereocenters. The first kappa shape index (κ1) is 13.8. The quantitative estimate of drug-likeness (QED) is 0.766. The van der Waals surface area contributed by atoms with E-state index in [1.54, 1.807) is 23.3 Å². The molecule has 18 heavy (non-hydrogen) atoms. The monoisotopic (exact) mass is 303 g/mol. The summed E-state index contributed by atoms with van der Waals surface area (Å²) in [4.78, 5) is 14.9. The first-order valence-corrected chi connectivity index (χ1v) is 7.80. The van der Waals surface area contributed by atoms with Gasteiger partial charge in [0.25, 0.3) is 5.91 Å². The zero-order valence-corrected chi connectivity index (χ0v) is 12.4. The van der Waals surface area contributed by atoms with Crippen LogP contribution in [0.3, 0.4) is 0 Å². The number of ether oxygens (including phenoxy) is 1. The second-order valence-corrected chi connectivity index (χ2v) is 6.14. The fraction of sp³-hybridized carbons (Fsp3) is 0.417. The van der Waals surface area contributed by atoms with Gasteiger partial charge >= 0.3 is 0 Å². The maximum atomic E-state index is 12.3. The summed E-state index contributed by atoms with van der Waals surface area (Å²) in [5.41, 5.74) is 0. The van der Waals surface area contributed by atoms with Crippen molar-refractivity contribution in [2.75, 3.05) is 32.7 Å². The maximum Gasteiger partial charge on any atom is 0.264 e. The van der Waals surface area contributed by atoms with E-state index in [9.17, 15) is 4.79 Å². The molecule has 0 bridgehead atoms. The number of methoxy groups -OCH3 is 1. The first-order chi connectivity index (χ1) is 8.76. The van der Waals surface area contributed by atoms with Crippen molar-refractivity contribution in [2.45, 2.75) is 0 Å². The van der Waals surface area contributed by atoms with E-state index in [1.165, 1.54) is 20.7 Å². The Morgan fingerprint density at radius 1 is 1.44 bits per heavy atom. The number of fused-ring (bicyclic) bond motifs is 1. The lowest BCUT2D eigenvalue weighted by Gasteiger charge is -2.20. The lowest BCUT2D eigenvalue weighted by Crippen LogP contribution is -2.35. The van der Waals surface area contributed by atoms with Crippen molar-refractivity contribution in [3.8, 4) is 0 Å². The molecule has 0 aliphatic heterocycles. The van der Waals surface area contributed by atoms with E-state index in [2.05, 4.69) is 0 Å². The lowest BCUT2D eigenvalue weighted by atomic mass is 10.3. The van der Waals surface area contributed by atoms with E-state index in [-0.39, 0.29) is 5.91 Å². The average molecular weight is 304 g/mol. The minimum Gasteiger partial charge on any atom is -0.383 e. The van der Waals surface area contributed by atoms with Gasteiger partial charge < -0.3 is 9.64 Å². The number of hydrogen-bond donors (Lipinski definition) is 0. The molecule has 0 radical (unpaired) electrons. The maximum absolute atomic E-state index is 12.3. The molecule has 2 aromatic rings. The molecular formula is C12H14ClNO2S2. The van der Waals surface area contributed by atoms with Gasteiger partial charge in [-0.05, 0) is 17.5 Å². The third-order valence-electron chi connectivity index (χ3n) is 2.56. The Balaban J connectivity index is 2.13. The van der Waals surface area contributed by atoms with Gasteiger partial charge in [0.15, 0.2) is 0 Å². The number of carbonyl (C=O) groups is 1. The van der Waals surface area contributed by atoms with Crippen molar-refractivity contribution >= 4 is 49.6 Å². The van der Waals surface area contributed by atoms with E-state index in [4.69, 9.17) is 16.3 Å². The molecule has 2 heterocycles. The van der Waals surface area contributed by atoms with Crippen molar-refractivity contribution in [1.82, 2.24) is 4.90 Å². The summed E-state index contributed by atoms with van der Waals surface area (Å²) >= 11 is 8.93. The van der Waals surface area contributed by atoms with Crippen LogP contribution in [0.1, 0.15) is 9.67 Å². The normalized spacial score (nSPS) is 11.0. The summed E-state index contributed by atoms with van der Waals surface area (Å²) in [7, 11) is 1.63. The van der Waals surface area contributed by atoms with Crippen LogP contribution < -0.4 is 0 Å². The standard InChI is InChI=1S/C12H14ClNO2S2/c1-16-6-5-14(4-3-13)12(15)11-8-10-9(18-11)2-7-17-10/h2,7-8H,3-6H2,1H3. The van der Waals surface area contributed by atoms with E-state index < -0.39 is 0 Å². The topological polar surface area (TPSA) is 29.5 Å². The predicted octanol–water partition coefficient (Wildman–Crippen LogP) is 3.29. The molecule has 2 rings (SSSR count). The number of halogens is 1. The Bertz CT molecular complexity index is 494. The Morgan fingerprint density at radius 2 is 2.28 bits per heavy atom. The zero-order valence-electron chi connectivity index (χ0n) is 10.0. The van der Waals surface area contributed by atoms with Crippen LogP contribution in [0.4, 0.5) is 0 Å². The lowest BCUT2D eigenvalue weighted by molar-refractivity contribution is 0.0712. The molecule has 0 N–H and O–H groups in total. The molecule has 3 nitrogen and oxygen atoms in total. The van der Waals surface area contributed by atoms with Gasteiger partial charge in [0.2, 0.25) is 0 Å². The highest BCUT2D eigenvalue weighted by Crippen LogP contribution is 2.30. The molecule has 0 atom stereocenters. The molecule has 6 heteroatoms. The number of carbonyl (C=O) groups excluding carboxylic acids is 1. The minimum atomic E-state index is 0.0427. The fourth-order valence-corrected chi connectivity index (χ4v) is 3.93. The average Bonchev–Trinajstić information content (AvgIpc) is 2.94. The Hall–Kier alpha value is -0.620. The number of nitrogens with zero attached hydrogens (tertiary/aromatic N) is 1. The van der Waals surface area contributed by atoms with Crippen molar-refractivity contribution < 1.29 is 9.53 Å². The second kappa shape index (κ2) is 6.52. The number of alkyl halides is 1. The van der Waals surface area contributed by atoms with Crippen LogP contribution in [0.25, 0.3) is 9.40 Å². The molecule has 0 aromatic carbocycles. The van der Waals surface area contributed by atoms with Crippen molar-refractivity contribution in [3.05, 3.63) is 22.4 Å². The van der Waals surface area contributed by atoms with Gasteiger partial charge in [-0.15, -0.1) is 34.3 Å². The highest BCUT2D eigenvalue weighted by Gasteiger charge is 2.17. The van der Waals surface area contributed by atoms with E-state index in [1.807, 2.05) is 17.5 Å². The second-order valence-electron chi connectivity index (χ2n) is 3.73.